The van der Waals surface area contributed by atoms with Gasteiger partial charge in [-0.3, -0.25) is 9.59 Å². The van der Waals surface area contributed by atoms with Crippen LogP contribution < -0.4 is 20.7 Å². The van der Waals surface area contributed by atoms with Crippen LogP contribution >= 0.6 is 0 Å². The molecule has 1 aliphatic heterocycles. The van der Waals surface area contributed by atoms with Crippen molar-refractivity contribution in [3.63, 3.8) is 0 Å². The van der Waals surface area contributed by atoms with E-state index < -0.39 is 0 Å². The Morgan fingerprint density at radius 3 is 2.70 bits per heavy atom. The highest BCUT2D eigenvalue weighted by Crippen LogP contribution is 2.19. The maximum absolute atomic E-state index is 12.3. The second kappa shape index (κ2) is 10.6. The van der Waals surface area contributed by atoms with Crippen molar-refractivity contribution in [3.05, 3.63) is 54.1 Å². The maximum atomic E-state index is 12.3. The first kappa shape index (κ1) is 21.6. The highest BCUT2D eigenvalue weighted by molar-refractivity contribution is 5.98. The van der Waals surface area contributed by atoms with Gasteiger partial charge in [-0.2, -0.15) is 0 Å². The molecule has 1 saturated heterocycles. The van der Waals surface area contributed by atoms with Crippen LogP contribution in [0, 0.1) is 0 Å². The van der Waals surface area contributed by atoms with Crippen LogP contribution in [0.15, 0.2) is 48.5 Å². The number of rotatable bonds is 9. The third kappa shape index (κ3) is 6.77. The molecule has 1 heterocycles. The molecule has 3 rings (SSSR count). The normalized spacial score (nSPS) is 15.6. The first-order valence-electron chi connectivity index (χ1n) is 10.3. The fourth-order valence-corrected chi connectivity index (χ4v) is 3.13. The van der Waals surface area contributed by atoms with E-state index in [0.29, 0.717) is 17.9 Å². The molecule has 3 N–H and O–H groups in total. The van der Waals surface area contributed by atoms with Crippen molar-refractivity contribution in [2.24, 2.45) is 0 Å². The first-order valence-corrected chi connectivity index (χ1v) is 10.3. The molecule has 7 heteroatoms. The van der Waals surface area contributed by atoms with Crippen LogP contribution in [-0.4, -0.2) is 43.7 Å². The summed E-state index contributed by atoms with van der Waals surface area (Å²) in [5, 5.41) is 8.74. The Kier molecular flexibility index (Phi) is 7.68. The first-order chi connectivity index (χ1) is 14.5. The summed E-state index contributed by atoms with van der Waals surface area (Å²) in [7, 11) is 0. The van der Waals surface area contributed by atoms with E-state index in [2.05, 4.69) is 16.0 Å². The molecule has 0 radical (unpaired) electrons. The zero-order valence-electron chi connectivity index (χ0n) is 17.4. The molecular formula is C23H29N3O4. The van der Waals surface area contributed by atoms with Gasteiger partial charge < -0.3 is 25.4 Å². The van der Waals surface area contributed by atoms with Gasteiger partial charge in [-0.15, -0.1) is 0 Å². The van der Waals surface area contributed by atoms with Gasteiger partial charge in [-0.25, -0.2) is 0 Å². The number of carbonyl (C=O) groups excluding carboxylic acids is 2. The summed E-state index contributed by atoms with van der Waals surface area (Å²) in [5.74, 6) is 0.362. The maximum Gasteiger partial charge on any atom is 0.251 e. The molecule has 0 aliphatic carbocycles. The van der Waals surface area contributed by atoms with Crippen molar-refractivity contribution < 1.29 is 19.1 Å². The highest BCUT2D eigenvalue weighted by atomic mass is 16.5. The summed E-state index contributed by atoms with van der Waals surface area (Å²) in [4.78, 5) is 24.4. The molecule has 1 atom stereocenters. The fraction of sp³-hybridized carbons (Fsp3) is 0.391. The van der Waals surface area contributed by atoms with Gasteiger partial charge in [0.15, 0.2) is 0 Å². The third-order valence-corrected chi connectivity index (χ3v) is 4.58. The summed E-state index contributed by atoms with van der Waals surface area (Å²) >= 11 is 0. The van der Waals surface area contributed by atoms with Gasteiger partial charge in [-0.05, 0) is 57.0 Å². The van der Waals surface area contributed by atoms with Crippen LogP contribution in [0.2, 0.25) is 0 Å². The van der Waals surface area contributed by atoms with E-state index in [9.17, 15) is 9.59 Å². The molecule has 2 amide bonds. The number of ether oxygens (including phenoxy) is 2. The zero-order chi connectivity index (χ0) is 21.3. The van der Waals surface area contributed by atoms with Gasteiger partial charge in [0, 0.05) is 35.7 Å². The average molecular weight is 412 g/mol. The number of nitrogens with one attached hydrogen (secondary N) is 3. The number of hydrogen-bond acceptors (Lipinski definition) is 5. The Hall–Kier alpha value is -3.06. The van der Waals surface area contributed by atoms with Crippen LogP contribution in [0.3, 0.4) is 0 Å². The Labute approximate surface area is 177 Å². The second-order valence-corrected chi connectivity index (χ2v) is 7.58. The molecule has 2 aromatic rings. The van der Waals surface area contributed by atoms with Gasteiger partial charge >= 0.3 is 0 Å². The summed E-state index contributed by atoms with van der Waals surface area (Å²) in [6.07, 6.45) is 2.26. The summed E-state index contributed by atoms with van der Waals surface area (Å²) < 4.78 is 11.4. The van der Waals surface area contributed by atoms with E-state index in [1.54, 1.807) is 24.3 Å². The van der Waals surface area contributed by atoms with E-state index in [1.165, 1.54) is 0 Å². The number of amides is 2. The van der Waals surface area contributed by atoms with Crippen molar-refractivity contribution in [1.82, 2.24) is 5.32 Å². The lowest BCUT2D eigenvalue weighted by molar-refractivity contribution is -0.114. The molecule has 1 fully saturated rings. The molecule has 0 spiro atoms. The second-order valence-electron chi connectivity index (χ2n) is 7.58. The van der Waals surface area contributed by atoms with Crippen LogP contribution in [0.5, 0.6) is 5.75 Å². The van der Waals surface area contributed by atoms with Gasteiger partial charge in [-0.1, -0.05) is 12.1 Å². The van der Waals surface area contributed by atoms with E-state index in [0.717, 1.165) is 30.9 Å². The molecular weight excluding hydrogens is 382 g/mol. The number of hydrogen-bond donors (Lipinski definition) is 3. The molecule has 2 aromatic carbocycles. The topological polar surface area (TPSA) is 88.7 Å². The van der Waals surface area contributed by atoms with E-state index in [-0.39, 0.29) is 30.5 Å². The SMILES string of the molecule is CC(C)NC(=O)c1cccc(NC(=O)CNc2cccc(OCC3CCCO3)c2)c1. The third-order valence-electron chi connectivity index (χ3n) is 4.58. The van der Waals surface area contributed by atoms with Crippen molar-refractivity contribution in [1.29, 1.82) is 0 Å². The van der Waals surface area contributed by atoms with Gasteiger partial charge in [0.25, 0.3) is 5.91 Å². The Balaban J connectivity index is 1.48. The molecule has 1 unspecified atom stereocenters. The largest absolute Gasteiger partial charge is 0.491 e. The zero-order valence-corrected chi connectivity index (χ0v) is 17.4. The lowest BCUT2D eigenvalue weighted by Gasteiger charge is -2.13. The van der Waals surface area contributed by atoms with Crippen molar-refractivity contribution in [2.45, 2.75) is 38.8 Å². The molecule has 160 valence electrons. The minimum absolute atomic E-state index is 0.0466. The number of carbonyl (C=O) groups is 2. The molecule has 0 saturated carbocycles. The van der Waals surface area contributed by atoms with Crippen molar-refractivity contribution in [3.8, 4) is 5.75 Å². The van der Waals surface area contributed by atoms with Crippen molar-refractivity contribution >= 4 is 23.2 Å². The molecule has 0 bridgehead atoms. The van der Waals surface area contributed by atoms with Crippen LogP contribution in [0.1, 0.15) is 37.0 Å². The molecule has 1 aliphatic rings. The van der Waals surface area contributed by atoms with E-state index in [4.69, 9.17) is 9.47 Å². The lowest BCUT2D eigenvalue weighted by atomic mass is 10.1. The summed E-state index contributed by atoms with van der Waals surface area (Å²) in [6.45, 7) is 5.23. The van der Waals surface area contributed by atoms with E-state index in [1.807, 2.05) is 38.1 Å². The van der Waals surface area contributed by atoms with Crippen LogP contribution in [0.4, 0.5) is 11.4 Å². The predicted octanol–water partition coefficient (Wildman–Crippen LogP) is 3.43. The van der Waals surface area contributed by atoms with E-state index >= 15 is 0 Å². The Morgan fingerprint density at radius 2 is 1.93 bits per heavy atom. The summed E-state index contributed by atoms with van der Waals surface area (Å²) in [6, 6.07) is 14.4. The van der Waals surface area contributed by atoms with Crippen molar-refractivity contribution in [2.75, 3.05) is 30.4 Å². The standard InChI is InChI=1S/C23H29N3O4/c1-16(2)25-23(28)17-6-3-8-19(12-17)26-22(27)14-24-18-7-4-9-20(13-18)30-15-21-10-5-11-29-21/h3-4,6-9,12-13,16,21,24H,5,10-11,14-15H2,1-2H3,(H,25,28)(H,26,27). The number of anilines is 2. The van der Waals surface area contributed by atoms with Gasteiger partial charge in [0.1, 0.15) is 12.4 Å². The number of benzene rings is 2. The molecule has 7 nitrogen and oxygen atoms in total. The van der Waals surface area contributed by atoms with Crippen LogP contribution in [-0.2, 0) is 9.53 Å². The highest BCUT2D eigenvalue weighted by Gasteiger charge is 2.16. The quantitative estimate of drug-likeness (QED) is 0.588. The fourth-order valence-electron chi connectivity index (χ4n) is 3.13. The summed E-state index contributed by atoms with van der Waals surface area (Å²) in [5.41, 5.74) is 1.87. The predicted molar refractivity (Wildman–Crippen MR) is 117 cm³/mol. The lowest BCUT2D eigenvalue weighted by Crippen LogP contribution is -2.30. The average Bonchev–Trinajstić information content (AvgIpc) is 3.24. The molecule has 0 aromatic heterocycles. The van der Waals surface area contributed by atoms with Gasteiger partial charge in [0.2, 0.25) is 5.91 Å². The van der Waals surface area contributed by atoms with Crippen LogP contribution in [0.25, 0.3) is 0 Å². The Bertz CT molecular complexity index is 863. The molecule has 30 heavy (non-hydrogen) atoms. The Morgan fingerprint density at radius 1 is 1.13 bits per heavy atom. The minimum Gasteiger partial charge on any atom is -0.491 e. The smallest absolute Gasteiger partial charge is 0.251 e. The monoisotopic (exact) mass is 411 g/mol. The van der Waals surface area contributed by atoms with Gasteiger partial charge in [0.05, 0.1) is 12.6 Å². The minimum atomic E-state index is -0.206.